The fourth-order valence-corrected chi connectivity index (χ4v) is 3.00. The van der Waals surface area contributed by atoms with Crippen molar-refractivity contribution in [3.05, 3.63) is 33.8 Å². The Balaban J connectivity index is 2.56. The average molecular weight is 310 g/mol. The second-order valence-corrected chi connectivity index (χ2v) is 6.73. The molecule has 0 aromatic heterocycles. The average Bonchev–Trinajstić information content (AvgIpc) is 2.29. The topological polar surface area (TPSA) is 46.2 Å². The minimum atomic E-state index is -3.30. The van der Waals surface area contributed by atoms with Gasteiger partial charge in [-0.1, -0.05) is 49.0 Å². The van der Waals surface area contributed by atoms with Gasteiger partial charge in [0.1, 0.15) is 0 Å². The first-order valence-corrected chi connectivity index (χ1v) is 8.26. The molecule has 0 saturated heterocycles. The van der Waals surface area contributed by atoms with Crippen molar-refractivity contribution in [1.29, 1.82) is 0 Å². The highest BCUT2D eigenvalue weighted by molar-refractivity contribution is 7.88. The van der Waals surface area contributed by atoms with Gasteiger partial charge in [0.05, 0.1) is 15.8 Å². The third kappa shape index (κ3) is 5.57. The number of sulfonamides is 1. The summed E-state index contributed by atoms with van der Waals surface area (Å²) in [5.41, 5.74) is 0.632. The number of hydrogen-bond donors (Lipinski definition) is 1. The summed E-state index contributed by atoms with van der Waals surface area (Å²) in [5.74, 6) is -0.0734. The Morgan fingerprint density at radius 1 is 1.17 bits per heavy atom. The van der Waals surface area contributed by atoms with Crippen molar-refractivity contribution in [1.82, 2.24) is 4.72 Å². The maximum atomic E-state index is 11.8. The normalized spacial score (nSPS) is 11.7. The number of hydrogen-bond acceptors (Lipinski definition) is 2. The summed E-state index contributed by atoms with van der Waals surface area (Å²) in [6.07, 6.45) is 2.95. The van der Waals surface area contributed by atoms with Crippen LogP contribution in [0.2, 0.25) is 10.0 Å². The molecule has 0 radical (unpaired) electrons. The minimum Gasteiger partial charge on any atom is -0.215 e. The highest BCUT2D eigenvalue weighted by Crippen LogP contribution is 2.23. The smallest absolute Gasteiger partial charge is 0.215 e. The number of rotatable bonds is 7. The van der Waals surface area contributed by atoms with Crippen molar-refractivity contribution in [2.75, 3.05) is 6.54 Å². The SMILES string of the molecule is CCCCCNS(=O)(=O)Cc1ccc(Cl)c(Cl)c1. The summed E-state index contributed by atoms with van der Waals surface area (Å²) in [5, 5.41) is 0.795. The number of nitrogens with one attached hydrogen (secondary N) is 1. The Bertz CT molecular complexity index is 489. The molecule has 0 atom stereocenters. The predicted octanol–water partition coefficient (Wildman–Crippen LogP) is 3.60. The standard InChI is InChI=1S/C12H17Cl2NO2S/c1-2-3-4-7-15-18(16,17)9-10-5-6-11(13)12(14)8-10/h5-6,8,15H,2-4,7,9H2,1H3. The molecule has 18 heavy (non-hydrogen) atoms. The summed E-state index contributed by atoms with van der Waals surface area (Å²) in [4.78, 5) is 0. The van der Waals surface area contributed by atoms with Gasteiger partial charge in [-0.25, -0.2) is 13.1 Å². The molecular weight excluding hydrogens is 293 g/mol. The molecule has 0 aliphatic heterocycles. The summed E-state index contributed by atoms with van der Waals surface area (Å²) in [7, 11) is -3.30. The molecule has 0 aliphatic carbocycles. The molecule has 0 aliphatic rings. The van der Waals surface area contributed by atoms with Gasteiger partial charge >= 0.3 is 0 Å². The molecule has 1 N–H and O–H groups in total. The van der Waals surface area contributed by atoms with E-state index in [1.54, 1.807) is 18.2 Å². The first-order valence-electron chi connectivity index (χ1n) is 5.86. The third-order valence-corrected chi connectivity index (χ3v) is 4.54. The zero-order chi connectivity index (χ0) is 13.6. The second-order valence-electron chi connectivity index (χ2n) is 4.11. The van der Waals surface area contributed by atoms with Gasteiger partial charge in [-0.05, 0) is 24.1 Å². The van der Waals surface area contributed by atoms with Crippen LogP contribution in [-0.4, -0.2) is 15.0 Å². The van der Waals surface area contributed by atoms with Gasteiger partial charge in [0.2, 0.25) is 10.0 Å². The van der Waals surface area contributed by atoms with Crippen molar-refractivity contribution < 1.29 is 8.42 Å². The van der Waals surface area contributed by atoms with Gasteiger partial charge in [-0.15, -0.1) is 0 Å². The fourth-order valence-electron chi connectivity index (χ4n) is 1.50. The van der Waals surface area contributed by atoms with Crippen LogP contribution in [0.1, 0.15) is 31.7 Å². The third-order valence-electron chi connectivity index (χ3n) is 2.44. The van der Waals surface area contributed by atoms with Crippen LogP contribution in [0.5, 0.6) is 0 Å². The van der Waals surface area contributed by atoms with E-state index in [0.29, 0.717) is 22.2 Å². The quantitative estimate of drug-likeness (QED) is 0.782. The molecular formula is C12H17Cl2NO2S. The molecule has 0 bridgehead atoms. The lowest BCUT2D eigenvalue weighted by Gasteiger charge is -2.07. The Morgan fingerprint density at radius 2 is 1.89 bits per heavy atom. The van der Waals surface area contributed by atoms with Crippen LogP contribution in [0.3, 0.4) is 0 Å². The molecule has 0 saturated carbocycles. The Morgan fingerprint density at radius 3 is 2.50 bits per heavy atom. The van der Waals surface area contributed by atoms with Crippen molar-refractivity contribution >= 4 is 33.2 Å². The van der Waals surface area contributed by atoms with E-state index in [1.165, 1.54) is 0 Å². The molecule has 0 heterocycles. The van der Waals surface area contributed by atoms with Crippen LogP contribution in [0, 0.1) is 0 Å². The van der Waals surface area contributed by atoms with Crippen LogP contribution >= 0.6 is 23.2 Å². The summed E-state index contributed by atoms with van der Waals surface area (Å²) in [6.45, 7) is 2.56. The van der Waals surface area contributed by atoms with Gasteiger partial charge in [-0.2, -0.15) is 0 Å². The van der Waals surface area contributed by atoms with E-state index in [0.717, 1.165) is 19.3 Å². The minimum absolute atomic E-state index is 0.0734. The lowest BCUT2D eigenvalue weighted by atomic mass is 10.2. The Hall–Kier alpha value is -0.290. The fraction of sp³-hybridized carbons (Fsp3) is 0.500. The molecule has 6 heteroatoms. The summed E-state index contributed by atoms with van der Waals surface area (Å²) < 4.78 is 26.1. The van der Waals surface area contributed by atoms with E-state index < -0.39 is 10.0 Å². The molecule has 1 rings (SSSR count). The zero-order valence-corrected chi connectivity index (χ0v) is 12.6. The molecule has 0 fully saturated rings. The number of unbranched alkanes of at least 4 members (excludes halogenated alkanes) is 2. The molecule has 102 valence electrons. The van der Waals surface area contributed by atoms with E-state index in [2.05, 4.69) is 11.6 Å². The zero-order valence-electron chi connectivity index (χ0n) is 10.2. The van der Waals surface area contributed by atoms with Crippen molar-refractivity contribution in [2.45, 2.75) is 31.9 Å². The summed E-state index contributed by atoms with van der Waals surface area (Å²) in [6, 6.07) is 4.85. The summed E-state index contributed by atoms with van der Waals surface area (Å²) >= 11 is 11.6. The Labute approximate surface area is 119 Å². The van der Waals surface area contributed by atoms with Gasteiger partial charge in [0.25, 0.3) is 0 Å². The van der Waals surface area contributed by atoms with E-state index in [4.69, 9.17) is 23.2 Å². The van der Waals surface area contributed by atoms with E-state index in [9.17, 15) is 8.42 Å². The predicted molar refractivity (Wildman–Crippen MR) is 76.6 cm³/mol. The van der Waals surface area contributed by atoms with E-state index in [1.807, 2.05) is 0 Å². The van der Waals surface area contributed by atoms with E-state index >= 15 is 0 Å². The lowest BCUT2D eigenvalue weighted by Crippen LogP contribution is -2.26. The first-order chi connectivity index (χ1) is 8.44. The second kappa shape index (κ2) is 7.34. The van der Waals surface area contributed by atoms with E-state index in [-0.39, 0.29) is 5.75 Å². The van der Waals surface area contributed by atoms with Gasteiger partial charge in [0, 0.05) is 6.54 Å². The van der Waals surface area contributed by atoms with Gasteiger partial charge < -0.3 is 0 Å². The highest BCUT2D eigenvalue weighted by Gasteiger charge is 2.11. The number of benzene rings is 1. The van der Waals surface area contributed by atoms with Crippen molar-refractivity contribution in [2.24, 2.45) is 0 Å². The van der Waals surface area contributed by atoms with Crippen LogP contribution in [0.4, 0.5) is 0 Å². The van der Waals surface area contributed by atoms with Gasteiger partial charge in [-0.3, -0.25) is 0 Å². The largest absolute Gasteiger partial charge is 0.215 e. The molecule has 1 aromatic rings. The van der Waals surface area contributed by atoms with Crippen LogP contribution < -0.4 is 4.72 Å². The Kier molecular flexibility index (Phi) is 6.43. The van der Waals surface area contributed by atoms with Crippen LogP contribution in [-0.2, 0) is 15.8 Å². The maximum Gasteiger partial charge on any atom is 0.215 e. The lowest BCUT2D eigenvalue weighted by molar-refractivity contribution is 0.575. The molecule has 0 spiro atoms. The van der Waals surface area contributed by atoms with Crippen LogP contribution in [0.15, 0.2) is 18.2 Å². The van der Waals surface area contributed by atoms with Crippen molar-refractivity contribution in [3.63, 3.8) is 0 Å². The number of halogens is 2. The first kappa shape index (κ1) is 15.8. The molecule has 1 aromatic carbocycles. The molecule has 0 unspecified atom stereocenters. The maximum absolute atomic E-state index is 11.8. The molecule has 3 nitrogen and oxygen atoms in total. The van der Waals surface area contributed by atoms with Crippen molar-refractivity contribution in [3.8, 4) is 0 Å². The van der Waals surface area contributed by atoms with Gasteiger partial charge in [0.15, 0.2) is 0 Å². The highest BCUT2D eigenvalue weighted by atomic mass is 35.5. The monoisotopic (exact) mass is 309 g/mol. The van der Waals surface area contributed by atoms with Crippen LogP contribution in [0.25, 0.3) is 0 Å². The molecule has 0 amide bonds.